The van der Waals surface area contributed by atoms with Gasteiger partial charge in [0.05, 0.1) is 0 Å². The molecule has 1 aliphatic rings. The van der Waals surface area contributed by atoms with Crippen molar-refractivity contribution in [1.82, 2.24) is 0 Å². The molecule has 0 N–H and O–H groups in total. The highest BCUT2D eigenvalue weighted by Crippen LogP contribution is 2.26. The summed E-state index contributed by atoms with van der Waals surface area (Å²) in [4.78, 5) is 0. The lowest BCUT2D eigenvalue weighted by molar-refractivity contribution is 0.531. The Kier molecular flexibility index (Phi) is 16.4. The zero-order valence-corrected chi connectivity index (χ0v) is 9.82. The van der Waals surface area contributed by atoms with Crippen molar-refractivity contribution in [1.29, 1.82) is 0 Å². The molecule has 12 heavy (non-hydrogen) atoms. The van der Waals surface area contributed by atoms with Crippen LogP contribution in [0.1, 0.15) is 73.1 Å². The van der Waals surface area contributed by atoms with Gasteiger partial charge in [-0.2, -0.15) is 0 Å². The monoisotopic (exact) mass is 172 g/mol. The van der Waals surface area contributed by atoms with Crippen molar-refractivity contribution in [2.45, 2.75) is 73.1 Å². The number of hydrogen-bond donors (Lipinski definition) is 0. The minimum Gasteiger partial charge on any atom is -0.0683 e. The normalized spacial score (nSPS) is 15.8. The first-order chi connectivity index (χ1) is 5.85. The molecule has 0 aromatic heterocycles. The number of rotatable bonds is 1. The van der Waals surface area contributed by atoms with E-state index in [2.05, 4.69) is 20.8 Å². The maximum absolute atomic E-state index is 2.30. The summed E-state index contributed by atoms with van der Waals surface area (Å²) in [5.41, 5.74) is 0. The maximum Gasteiger partial charge on any atom is -0.0417 e. The van der Waals surface area contributed by atoms with Crippen LogP contribution in [0.4, 0.5) is 0 Å². The summed E-state index contributed by atoms with van der Waals surface area (Å²) in [6.45, 7) is 10.6. The lowest BCUT2D eigenvalue weighted by Gasteiger charge is -1.99. The predicted octanol–water partition coefficient (Wildman–Crippen LogP) is 5.03. The van der Waals surface area contributed by atoms with Crippen molar-refractivity contribution in [2.75, 3.05) is 0 Å². The van der Waals surface area contributed by atoms with Crippen molar-refractivity contribution < 1.29 is 0 Å². The largest absolute Gasteiger partial charge is 0.0683 e. The highest BCUT2D eigenvalue weighted by molar-refractivity contribution is 4.64. The first-order valence-electron chi connectivity index (χ1n) is 5.85. The van der Waals surface area contributed by atoms with E-state index in [-0.39, 0.29) is 0 Å². The second-order valence-corrected chi connectivity index (χ2v) is 3.27. The molecular weight excluding hydrogens is 144 g/mol. The van der Waals surface area contributed by atoms with E-state index in [0.717, 1.165) is 5.92 Å². The zero-order valence-electron chi connectivity index (χ0n) is 9.82. The van der Waals surface area contributed by atoms with E-state index in [0.29, 0.717) is 0 Å². The Morgan fingerprint density at radius 3 is 1.42 bits per heavy atom. The lowest BCUT2D eigenvalue weighted by atomic mass is 10.1. The highest BCUT2D eigenvalue weighted by atomic mass is 14.2. The van der Waals surface area contributed by atoms with Gasteiger partial charge in [-0.3, -0.25) is 0 Å². The minimum absolute atomic E-state index is 1.10. The molecule has 1 rings (SSSR count). The quantitative estimate of drug-likeness (QED) is 0.520. The van der Waals surface area contributed by atoms with E-state index in [4.69, 9.17) is 0 Å². The molecule has 0 heterocycles. The molecule has 0 nitrogen and oxygen atoms in total. The Hall–Kier alpha value is 0. The van der Waals surface area contributed by atoms with Crippen LogP contribution in [0.15, 0.2) is 0 Å². The molecule has 0 aromatic rings. The third-order valence-corrected chi connectivity index (χ3v) is 2.05. The smallest absolute Gasteiger partial charge is 0.0417 e. The average Bonchev–Trinajstić information content (AvgIpc) is 2.61. The molecule has 0 radical (unpaired) electrons. The molecule has 0 spiro atoms. The standard InChI is InChI=1S/C7H14.C3H8.C2H6/c1-2-7-5-3-4-6-7;1-3-2;1-2/h7H,2-6H2,1H3;3H2,1-2H3;1-2H3. The van der Waals surface area contributed by atoms with Crippen molar-refractivity contribution in [3.8, 4) is 0 Å². The van der Waals surface area contributed by atoms with Gasteiger partial charge in [0, 0.05) is 0 Å². The molecule has 0 unspecified atom stereocenters. The van der Waals surface area contributed by atoms with E-state index in [9.17, 15) is 0 Å². The summed E-state index contributed by atoms with van der Waals surface area (Å²) in [6.07, 6.45) is 8.68. The molecule has 1 aliphatic carbocycles. The molecule has 1 fully saturated rings. The highest BCUT2D eigenvalue weighted by Gasteiger charge is 2.11. The van der Waals surface area contributed by atoms with E-state index in [1.165, 1.54) is 38.5 Å². The van der Waals surface area contributed by atoms with Crippen molar-refractivity contribution in [3.63, 3.8) is 0 Å². The van der Waals surface area contributed by atoms with E-state index < -0.39 is 0 Å². The van der Waals surface area contributed by atoms with Crippen LogP contribution in [-0.2, 0) is 0 Å². The van der Waals surface area contributed by atoms with Gasteiger partial charge in [-0.25, -0.2) is 0 Å². The summed E-state index contributed by atoms with van der Waals surface area (Å²) in [6, 6.07) is 0. The van der Waals surface area contributed by atoms with Gasteiger partial charge in [0.1, 0.15) is 0 Å². The average molecular weight is 172 g/mol. The van der Waals surface area contributed by atoms with Crippen LogP contribution in [-0.4, -0.2) is 0 Å². The fraction of sp³-hybridized carbons (Fsp3) is 1.00. The Bertz CT molecular complexity index is 51.1. The summed E-state index contributed by atoms with van der Waals surface area (Å²) in [7, 11) is 0. The van der Waals surface area contributed by atoms with E-state index in [1.54, 1.807) is 0 Å². The maximum atomic E-state index is 2.30. The second-order valence-electron chi connectivity index (χ2n) is 3.27. The van der Waals surface area contributed by atoms with Gasteiger partial charge in [-0.15, -0.1) is 0 Å². The molecule has 0 heteroatoms. The van der Waals surface area contributed by atoms with Crippen LogP contribution in [0.3, 0.4) is 0 Å². The van der Waals surface area contributed by atoms with Crippen molar-refractivity contribution >= 4 is 0 Å². The first-order valence-corrected chi connectivity index (χ1v) is 5.85. The van der Waals surface area contributed by atoms with Crippen LogP contribution in [0.5, 0.6) is 0 Å². The lowest BCUT2D eigenvalue weighted by Crippen LogP contribution is -1.86. The van der Waals surface area contributed by atoms with Gasteiger partial charge >= 0.3 is 0 Å². The van der Waals surface area contributed by atoms with E-state index in [1.807, 2.05) is 13.8 Å². The molecule has 0 bridgehead atoms. The first kappa shape index (κ1) is 14.5. The van der Waals surface area contributed by atoms with Crippen LogP contribution < -0.4 is 0 Å². The van der Waals surface area contributed by atoms with Crippen LogP contribution in [0, 0.1) is 5.92 Å². The van der Waals surface area contributed by atoms with Gasteiger partial charge in [-0.05, 0) is 5.92 Å². The Labute approximate surface area is 79.8 Å². The fourth-order valence-corrected chi connectivity index (χ4v) is 1.42. The fourth-order valence-electron chi connectivity index (χ4n) is 1.42. The Morgan fingerprint density at radius 2 is 1.25 bits per heavy atom. The summed E-state index contributed by atoms with van der Waals surface area (Å²) >= 11 is 0. The SMILES string of the molecule is CC.CCC.CCC1CCCC1. The molecule has 0 amide bonds. The van der Waals surface area contributed by atoms with Crippen molar-refractivity contribution in [3.05, 3.63) is 0 Å². The summed E-state index contributed by atoms with van der Waals surface area (Å²) in [5, 5.41) is 0. The molecular formula is C12H28. The van der Waals surface area contributed by atoms with Gasteiger partial charge in [-0.1, -0.05) is 73.1 Å². The third-order valence-electron chi connectivity index (χ3n) is 2.05. The molecule has 0 aromatic carbocycles. The molecule has 76 valence electrons. The van der Waals surface area contributed by atoms with Crippen LogP contribution in [0.2, 0.25) is 0 Å². The zero-order chi connectivity index (χ0) is 9.82. The third kappa shape index (κ3) is 10.0. The summed E-state index contributed by atoms with van der Waals surface area (Å²) < 4.78 is 0. The van der Waals surface area contributed by atoms with Gasteiger partial charge in [0.2, 0.25) is 0 Å². The van der Waals surface area contributed by atoms with Gasteiger partial charge < -0.3 is 0 Å². The van der Waals surface area contributed by atoms with Crippen molar-refractivity contribution in [2.24, 2.45) is 5.92 Å². The van der Waals surface area contributed by atoms with E-state index >= 15 is 0 Å². The van der Waals surface area contributed by atoms with Crippen LogP contribution in [0.25, 0.3) is 0 Å². The summed E-state index contributed by atoms with van der Waals surface area (Å²) in [5.74, 6) is 1.10. The predicted molar refractivity (Wildman–Crippen MR) is 59.6 cm³/mol. The van der Waals surface area contributed by atoms with Gasteiger partial charge in [0.25, 0.3) is 0 Å². The molecule has 1 saturated carbocycles. The Balaban J connectivity index is 0. The molecule has 0 atom stereocenters. The minimum atomic E-state index is 1.10. The second kappa shape index (κ2) is 13.6. The molecule has 0 saturated heterocycles. The Morgan fingerprint density at radius 1 is 0.917 bits per heavy atom. The van der Waals surface area contributed by atoms with Gasteiger partial charge in [0.15, 0.2) is 0 Å². The van der Waals surface area contributed by atoms with Crippen LogP contribution >= 0.6 is 0 Å². The topological polar surface area (TPSA) is 0 Å². The molecule has 0 aliphatic heterocycles. The number of hydrogen-bond acceptors (Lipinski definition) is 0.